The van der Waals surface area contributed by atoms with Gasteiger partial charge in [0, 0.05) is 0 Å². The molecule has 0 saturated carbocycles. The van der Waals surface area contributed by atoms with Crippen molar-refractivity contribution < 1.29 is 9.90 Å². The molecule has 0 unspecified atom stereocenters. The molecule has 0 aliphatic heterocycles. The molecule has 0 aromatic heterocycles. The third kappa shape index (κ3) is 7.01. The SMILES string of the molecule is C/C=C(\N)C(=O)O.CC. The summed E-state index contributed by atoms with van der Waals surface area (Å²) in [6, 6.07) is 0. The Bertz CT molecular complexity index is 108. The molecule has 54 valence electrons. The van der Waals surface area contributed by atoms with Crippen molar-refractivity contribution in [3.05, 3.63) is 11.8 Å². The lowest BCUT2D eigenvalue weighted by atomic mass is 10.4. The smallest absolute Gasteiger partial charge is 0.351 e. The van der Waals surface area contributed by atoms with Crippen molar-refractivity contribution in [2.75, 3.05) is 0 Å². The van der Waals surface area contributed by atoms with Gasteiger partial charge in [-0.05, 0) is 6.92 Å². The molecule has 0 aromatic rings. The van der Waals surface area contributed by atoms with Gasteiger partial charge in [0.1, 0.15) is 5.70 Å². The third-order valence-electron chi connectivity index (χ3n) is 0.558. The molecular formula is C6H13NO2. The predicted octanol–water partition coefficient (Wildman–Crippen LogP) is 0.960. The summed E-state index contributed by atoms with van der Waals surface area (Å²) in [7, 11) is 0. The number of nitrogens with two attached hydrogens (primary N) is 1. The molecule has 0 rings (SSSR count). The molecule has 0 aliphatic rings. The second kappa shape index (κ2) is 7.01. The summed E-state index contributed by atoms with van der Waals surface area (Å²) in [4.78, 5) is 9.74. The molecule has 3 nitrogen and oxygen atoms in total. The highest BCUT2D eigenvalue weighted by Crippen LogP contribution is 1.78. The molecule has 0 spiro atoms. The van der Waals surface area contributed by atoms with Crippen molar-refractivity contribution in [1.82, 2.24) is 0 Å². The average Bonchev–Trinajstić information content (AvgIpc) is 1.91. The minimum atomic E-state index is -1.07. The van der Waals surface area contributed by atoms with Crippen LogP contribution in [0.1, 0.15) is 20.8 Å². The molecule has 3 heteroatoms. The Morgan fingerprint density at radius 3 is 1.89 bits per heavy atom. The average molecular weight is 131 g/mol. The summed E-state index contributed by atoms with van der Waals surface area (Å²) in [5.41, 5.74) is 4.77. The van der Waals surface area contributed by atoms with Gasteiger partial charge in [-0.25, -0.2) is 4.79 Å². The molecule has 0 aromatic carbocycles. The monoisotopic (exact) mass is 131 g/mol. The van der Waals surface area contributed by atoms with E-state index in [0.717, 1.165) is 0 Å². The highest BCUT2D eigenvalue weighted by molar-refractivity contribution is 5.85. The van der Waals surface area contributed by atoms with Gasteiger partial charge in [0.25, 0.3) is 0 Å². The fraction of sp³-hybridized carbons (Fsp3) is 0.500. The van der Waals surface area contributed by atoms with Crippen molar-refractivity contribution in [3.8, 4) is 0 Å². The molecule has 0 bridgehead atoms. The van der Waals surface area contributed by atoms with Crippen LogP contribution in [0.15, 0.2) is 11.8 Å². The van der Waals surface area contributed by atoms with Gasteiger partial charge in [-0.2, -0.15) is 0 Å². The van der Waals surface area contributed by atoms with Crippen LogP contribution >= 0.6 is 0 Å². The molecule has 0 aliphatic carbocycles. The topological polar surface area (TPSA) is 63.3 Å². The van der Waals surface area contributed by atoms with Crippen molar-refractivity contribution in [1.29, 1.82) is 0 Å². The number of rotatable bonds is 1. The maximum Gasteiger partial charge on any atom is 0.351 e. The molecule has 0 amide bonds. The van der Waals surface area contributed by atoms with E-state index in [0.29, 0.717) is 0 Å². The summed E-state index contributed by atoms with van der Waals surface area (Å²) < 4.78 is 0. The highest BCUT2D eigenvalue weighted by atomic mass is 16.4. The zero-order valence-corrected chi connectivity index (χ0v) is 6.01. The van der Waals surface area contributed by atoms with E-state index in [9.17, 15) is 4.79 Å². The standard InChI is InChI=1S/C4H7NO2.C2H6/c1-2-3(5)4(6)7;1-2/h2H,5H2,1H3,(H,6,7);1-2H3/b3-2-;. The van der Waals surface area contributed by atoms with Gasteiger partial charge < -0.3 is 10.8 Å². The van der Waals surface area contributed by atoms with Crippen LogP contribution in [0, 0.1) is 0 Å². The normalized spacial score (nSPS) is 9.44. The maximum absolute atomic E-state index is 9.74. The Morgan fingerprint density at radius 2 is 1.89 bits per heavy atom. The summed E-state index contributed by atoms with van der Waals surface area (Å²) in [5.74, 6) is -1.07. The fourth-order valence-electron chi connectivity index (χ4n) is 0.123. The minimum absolute atomic E-state index is 0.111. The van der Waals surface area contributed by atoms with E-state index in [2.05, 4.69) is 0 Å². The minimum Gasteiger partial charge on any atom is -0.477 e. The first-order valence-corrected chi connectivity index (χ1v) is 2.83. The fourth-order valence-corrected chi connectivity index (χ4v) is 0.123. The second-order valence-electron chi connectivity index (χ2n) is 1.05. The van der Waals surface area contributed by atoms with Crippen LogP contribution in [0.5, 0.6) is 0 Å². The van der Waals surface area contributed by atoms with Crippen LogP contribution in [-0.2, 0) is 4.79 Å². The lowest BCUT2D eigenvalue weighted by Crippen LogP contribution is -2.08. The molecule has 0 radical (unpaired) electrons. The zero-order chi connectivity index (χ0) is 7.86. The number of aliphatic carboxylic acids is 1. The summed E-state index contributed by atoms with van der Waals surface area (Å²) in [6.45, 7) is 5.57. The van der Waals surface area contributed by atoms with Gasteiger partial charge in [-0.15, -0.1) is 0 Å². The molecular weight excluding hydrogens is 118 g/mol. The zero-order valence-electron chi connectivity index (χ0n) is 6.01. The van der Waals surface area contributed by atoms with E-state index in [1.165, 1.54) is 6.08 Å². The maximum atomic E-state index is 9.74. The van der Waals surface area contributed by atoms with Crippen molar-refractivity contribution in [3.63, 3.8) is 0 Å². The number of allylic oxidation sites excluding steroid dienone is 1. The van der Waals surface area contributed by atoms with Crippen LogP contribution in [0.4, 0.5) is 0 Å². The van der Waals surface area contributed by atoms with Gasteiger partial charge in [0.05, 0.1) is 0 Å². The summed E-state index contributed by atoms with van der Waals surface area (Å²) >= 11 is 0. The first-order valence-electron chi connectivity index (χ1n) is 2.83. The van der Waals surface area contributed by atoms with E-state index in [1.54, 1.807) is 6.92 Å². The van der Waals surface area contributed by atoms with E-state index < -0.39 is 5.97 Å². The molecule has 0 saturated heterocycles. The summed E-state index contributed by atoms with van der Waals surface area (Å²) in [6.07, 6.45) is 1.34. The Morgan fingerprint density at radius 1 is 1.56 bits per heavy atom. The number of carboxylic acid groups (broad SMARTS) is 1. The van der Waals surface area contributed by atoms with E-state index in [-0.39, 0.29) is 5.70 Å². The van der Waals surface area contributed by atoms with Gasteiger partial charge in [0.15, 0.2) is 0 Å². The van der Waals surface area contributed by atoms with Gasteiger partial charge in [-0.3, -0.25) is 0 Å². The van der Waals surface area contributed by atoms with Crippen molar-refractivity contribution in [2.45, 2.75) is 20.8 Å². The van der Waals surface area contributed by atoms with E-state index >= 15 is 0 Å². The van der Waals surface area contributed by atoms with Crippen LogP contribution in [-0.4, -0.2) is 11.1 Å². The lowest BCUT2D eigenvalue weighted by molar-refractivity contribution is -0.132. The lowest BCUT2D eigenvalue weighted by Gasteiger charge is -1.85. The van der Waals surface area contributed by atoms with Crippen molar-refractivity contribution >= 4 is 5.97 Å². The highest BCUT2D eigenvalue weighted by Gasteiger charge is 1.94. The van der Waals surface area contributed by atoms with E-state index in [1.807, 2.05) is 13.8 Å². The number of hydrogen-bond donors (Lipinski definition) is 2. The number of hydrogen-bond acceptors (Lipinski definition) is 2. The van der Waals surface area contributed by atoms with Crippen molar-refractivity contribution in [2.24, 2.45) is 5.73 Å². The Labute approximate surface area is 55.2 Å². The van der Waals surface area contributed by atoms with Crippen LogP contribution < -0.4 is 5.73 Å². The number of carbonyl (C=O) groups is 1. The van der Waals surface area contributed by atoms with Gasteiger partial charge in [-0.1, -0.05) is 19.9 Å². The van der Waals surface area contributed by atoms with Gasteiger partial charge >= 0.3 is 5.97 Å². The Hall–Kier alpha value is -0.990. The van der Waals surface area contributed by atoms with Crippen LogP contribution in [0.2, 0.25) is 0 Å². The quantitative estimate of drug-likeness (QED) is 0.521. The first kappa shape index (κ1) is 10.9. The molecule has 0 heterocycles. The largest absolute Gasteiger partial charge is 0.477 e. The molecule has 3 N–H and O–H groups in total. The Kier molecular flexibility index (Phi) is 8.49. The van der Waals surface area contributed by atoms with E-state index in [4.69, 9.17) is 10.8 Å². The van der Waals surface area contributed by atoms with Gasteiger partial charge in [0.2, 0.25) is 0 Å². The van der Waals surface area contributed by atoms with Crippen LogP contribution in [0.25, 0.3) is 0 Å². The molecule has 0 fully saturated rings. The van der Waals surface area contributed by atoms with Crippen LogP contribution in [0.3, 0.4) is 0 Å². The molecule has 0 atom stereocenters. The molecule has 9 heavy (non-hydrogen) atoms. The third-order valence-corrected chi connectivity index (χ3v) is 0.558. The predicted molar refractivity (Wildman–Crippen MR) is 36.9 cm³/mol. The summed E-state index contributed by atoms with van der Waals surface area (Å²) in [5, 5.41) is 7.99. The first-order chi connectivity index (χ1) is 4.18. The second-order valence-corrected chi connectivity index (χ2v) is 1.05. The number of carboxylic acids is 1. The Balaban J connectivity index is 0.